The first-order chi connectivity index (χ1) is 8.28. The number of alkyl halides is 3. The maximum Gasteiger partial charge on any atom is 0.405 e. The monoisotopic (exact) mass is 325 g/mol. The van der Waals surface area contributed by atoms with E-state index in [9.17, 15) is 18.0 Å². The van der Waals surface area contributed by atoms with E-state index in [0.29, 0.717) is 5.75 Å². The zero-order valence-electron chi connectivity index (χ0n) is 9.47. The van der Waals surface area contributed by atoms with Gasteiger partial charge < -0.3 is 10.1 Å². The second kappa shape index (κ2) is 6.08. The third-order valence-electron chi connectivity index (χ3n) is 1.99. The summed E-state index contributed by atoms with van der Waals surface area (Å²) in [5, 5.41) is 1.73. The van der Waals surface area contributed by atoms with E-state index in [1.165, 1.54) is 0 Å². The number of hydrogen-bond acceptors (Lipinski definition) is 2. The molecule has 1 aromatic rings. The Morgan fingerprint density at radius 2 is 2.11 bits per heavy atom. The molecular weight excluding hydrogens is 315 g/mol. The zero-order valence-corrected chi connectivity index (χ0v) is 11.1. The Balaban J connectivity index is 2.45. The number of carbonyl (C=O) groups is 1. The predicted octanol–water partition coefficient (Wildman–Crippen LogP) is 2.81. The quantitative estimate of drug-likeness (QED) is 0.924. The van der Waals surface area contributed by atoms with Gasteiger partial charge in [-0.1, -0.05) is 22.0 Å². The van der Waals surface area contributed by atoms with Crippen molar-refractivity contribution in [2.75, 3.05) is 13.2 Å². The molecule has 0 atom stereocenters. The van der Waals surface area contributed by atoms with E-state index < -0.39 is 25.2 Å². The Kier molecular flexibility index (Phi) is 5.01. The van der Waals surface area contributed by atoms with Gasteiger partial charge in [0, 0.05) is 4.47 Å². The van der Waals surface area contributed by atoms with Gasteiger partial charge in [0.15, 0.2) is 6.61 Å². The van der Waals surface area contributed by atoms with Crippen LogP contribution in [0.3, 0.4) is 0 Å². The number of rotatable bonds is 4. The van der Waals surface area contributed by atoms with Crippen molar-refractivity contribution in [2.45, 2.75) is 13.1 Å². The first kappa shape index (κ1) is 14.8. The Hall–Kier alpha value is -1.24. The average molecular weight is 326 g/mol. The lowest BCUT2D eigenvalue weighted by atomic mass is 10.2. The van der Waals surface area contributed by atoms with Gasteiger partial charge in [-0.25, -0.2) is 0 Å². The molecule has 3 nitrogen and oxygen atoms in total. The van der Waals surface area contributed by atoms with Crippen LogP contribution in [-0.2, 0) is 4.79 Å². The van der Waals surface area contributed by atoms with Crippen LogP contribution >= 0.6 is 15.9 Å². The molecule has 18 heavy (non-hydrogen) atoms. The zero-order chi connectivity index (χ0) is 13.8. The van der Waals surface area contributed by atoms with Crippen LogP contribution in [0.15, 0.2) is 22.7 Å². The summed E-state index contributed by atoms with van der Waals surface area (Å²) >= 11 is 3.23. The number of nitrogens with one attached hydrogen (secondary N) is 1. The molecule has 100 valence electrons. The molecule has 7 heteroatoms. The minimum atomic E-state index is -4.42. The topological polar surface area (TPSA) is 38.3 Å². The Bertz CT molecular complexity index is 435. The van der Waals surface area contributed by atoms with E-state index in [2.05, 4.69) is 15.9 Å². The summed E-state index contributed by atoms with van der Waals surface area (Å²) in [7, 11) is 0. The third-order valence-corrected chi connectivity index (χ3v) is 2.49. The van der Waals surface area contributed by atoms with Gasteiger partial charge in [0.05, 0.1) is 0 Å². The number of halogens is 4. The SMILES string of the molecule is Cc1ccc(Br)cc1OCC(=O)NCC(F)(F)F. The molecule has 0 spiro atoms. The number of aryl methyl sites for hydroxylation is 1. The Labute approximate surface area is 110 Å². The van der Waals surface area contributed by atoms with Crippen molar-refractivity contribution in [1.29, 1.82) is 0 Å². The van der Waals surface area contributed by atoms with Crippen molar-refractivity contribution in [2.24, 2.45) is 0 Å². The summed E-state index contributed by atoms with van der Waals surface area (Å²) in [6.45, 7) is -0.0323. The molecule has 1 N–H and O–H groups in total. The fourth-order valence-corrected chi connectivity index (χ4v) is 1.46. The van der Waals surface area contributed by atoms with Crippen LogP contribution in [0.5, 0.6) is 5.75 Å². The Morgan fingerprint density at radius 1 is 1.44 bits per heavy atom. The summed E-state index contributed by atoms with van der Waals surface area (Å²) in [6, 6.07) is 5.21. The second-order valence-corrected chi connectivity index (χ2v) is 4.51. The minimum absolute atomic E-state index is 0.450. The molecule has 0 saturated heterocycles. The predicted molar refractivity (Wildman–Crippen MR) is 63.4 cm³/mol. The number of benzene rings is 1. The van der Waals surface area contributed by atoms with E-state index in [4.69, 9.17) is 4.74 Å². The standard InChI is InChI=1S/C11H11BrF3NO2/c1-7-2-3-8(12)4-9(7)18-5-10(17)16-6-11(13,14)15/h2-4H,5-6H2,1H3,(H,16,17). The Morgan fingerprint density at radius 3 is 2.72 bits per heavy atom. The van der Waals surface area contributed by atoms with E-state index in [1.54, 1.807) is 30.4 Å². The first-order valence-corrected chi connectivity index (χ1v) is 5.79. The van der Waals surface area contributed by atoms with Crippen LogP contribution in [0.2, 0.25) is 0 Å². The first-order valence-electron chi connectivity index (χ1n) is 5.00. The van der Waals surface area contributed by atoms with E-state index in [1.807, 2.05) is 0 Å². The van der Waals surface area contributed by atoms with Gasteiger partial charge in [-0.3, -0.25) is 4.79 Å². The molecule has 0 heterocycles. The van der Waals surface area contributed by atoms with E-state index in [0.717, 1.165) is 10.0 Å². The molecule has 1 rings (SSSR count). The maximum absolute atomic E-state index is 11.8. The number of ether oxygens (including phenoxy) is 1. The highest BCUT2D eigenvalue weighted by Crippen LogP contribution is 2.22. The molecular formula is C11H11BrF3NO2. The van der Waals surface area contributed by atoms with Gasteiger partial charge >= 0.3 is 6.18 Å². The lowest BCUT2D eigenvalue weighted by Gasteiger charge is -2.11. The van der Waals surface area contributed by atoms with Crippen LogP contribution in [0, 0.1) is 6.92 Å². The average Bonchev–Trinajstić information content (AvgIpc) is 2.26. The highest BCUT2D eigenvalue weighted by molar-refractivity contribution is 9.10. The number of carbonyl (C=O) groups excluding carboxylic acids is 1. The fraction of sp³-hybridized carbons (Fsp3) is 0.364. The molecule has 0 radical (unpaired) electrons. The third kappa shape index (κ3) is 5.39. The molecule has 0 aliphatic heterocycles. The molecule has 1 amide bonds. The molecule has 1 aromatic carbocycles. The smallest absolute Gasteiger partial charge is 0.405 e. The number of hydrogen-bond donors (Lipinski definition) is 1. The van der Waals surface area contributed by atoms with Crippen molar-refractivity contribution in [3.05, 3.63) is 28.2 Å². The molecule has 0 fully saturated rings. The molecule has 0 aromatic heterocycles. The van der Waals surface area contributed by atoms with Gasteiger partial charge in [0.25, 0.3) is 5.91 Å². The van der Waals surface area contributed by atoms with Gasteiger partial charge in [-0.2, -0.15) is 13.2 Å². The van der Waals surface area contributed by atoms with Crippen LogP contribution in [0.25, 0.3) is 0 Å². The summed E-state index contributed by atoms with van der Waals surface area (Å²) in [5.74, 6) is -0.363. The summed E-state index contributed by atoms with van der Waals surface area (Å²) in [4.78, 5) is 11.1. The minimum Gasteiger partial charge on any atom is -0.483 e. The fourth-order valence-electron chi connectivity index (χ4n) is 1.12. The summed E-state index contributed by atoms with van der Waals surface area (Å²) < 4.78 is 41.4. The normalized spacial score (nSPS) is 11.2. The van der Waals surface area contributed by atoms with Crippen LogP contribution < -0.4 is 10.1 Å². The summed E-state index contributed by atoms with van der Waals surface area (Å²) in [5.41, 5.74) is 0.793. The van der Waals surface area contributed by atoms with Crippen LogP contribution in [0.4, 0.5) is 13.2 Å². The molecule has 0 bridgehead atoms. The lowest BCUT2D eigenvalue weighted by molar-refractivity contribution is -0.139. The molecule has 0 aliphatic rings. The van der Waals surface area contributed by atoms with Crippen LogP contribution in [-0.4, -0.2) is 25.2 Å². The van der Waals surface area contributed by atoms with Crippen molar-refractivity contribution in [3.8, 4) is 5.75 Å². The van der Waals surface area contributed by atoms with Crippen molar-refractivity contribution >= 4 is 21.8 Å². The van der Waals surface area contributed by atoms with Crippen molar-refractivity contribution < 1.29 is 22.7 Å². The molecule has 0 aliphatic carbocycles. The van der Waals surface area contributed by atoms with Crippen molar-refractivity contribution in [1.82, 2.24) is 5.32 Å². The highest BCUT2D eigenvalue weighted by atomic mass is 79.9. The number of amides is 1. The lowest BCUT2D eigenvalue weighted by Crippen LogP contribution is -2.36. The van der Waals surface area contributed by atoms with Crippen molar-refractivity contribution in [3.63, 3.8) is 0 Å². The highest BCUT2D eigenvalue weighted by Gasteiger charge is 2.27. The van der Waals surface area contributed by atoms with Gasteiger partial charge in [-0.15, -0.1) is 0 Å². The maximum atomic E-state index is 11.8. The van der Waals surface area contributed by atoms with E-state index in [-0.39, 0.29) is 0 Å². The summed E-state index contributed by atoms with van der Waals surface area (Å²) in [6.07, 6.45) is -4.42. The van der Waals surface area contributed by atoms with Gasteiger partial charge in [0.1, 0.15) is 12.3 Å². The van der Waals surface area contributed by atoms with Gasteiger partial charge in [0.2, 0.25) is 0 Å². The molecule has 0 unspecified atom stereocenters. The molecule has 0 saturated carbocycles. The largest absolute Gasteiger partial charge is 0.483 e. The second-order valence-electron chi connectivity index (χ2n) is 3.59. The van der Waals surface area contributed by atoms with Gasteiger partial charge in [-0.05, 0) is 24.6 Å². The van der Waals surface area contributed by atoms with E-state index >= 15 is 0 Å². The van der Waals surface area contributed by atoms with Crippen LogP contribution in [0.1, 0.15) is 5.56 Å².